The Morgan fingerprint density at radius 1 is 1.07 bits per heavy atom. The monoisotopic (exact) mass is 379 g/mol. The van der Waals surface area contributed by atoms with Crippen molar-refractivity contribution in [3.8, 4) is 5.75 Å². The topological polar surface area (TPSA) is 62.7 Å². The molecular weight excluding hydrogens is 350 g/mol. The number of hydrogen-bond donors (Lipinski definition) is 2. The van der Waals surface area contributed by atoms with Gasteiger partial charge in [0.2, 0.25) is 0 Å². The number of ether oxygens (including phenoxy) is 1. The molecule has 2 aromatic carbocycles. The van der Waals surface area contributed by atoms with Crippen LogP contribution in [0.3, 0.4) is 0 Å². The summed E-state index contributed by atoms with van der Waals surface area (Å²) in [7, 11) is 1.60. The van der Waals surface area contributed by atoms with E-state index < -0.39 is 6.04 Å². The Morgan fingerprint density at radius 3 is 2.39 bits per heavy atom. The van der Waals surface area contributed by atoms with Gasteiger partial charge in [0.05, 0.1) is 19.0 Å². The molecule has 0 aromatic heterocycles. The van der Waals surface area contributed by atoms with Gasteiger partial charge in [-0.1, -0.05) is 56.3 Å². The van der Waals surface area contributed by atoms with E-state index in [2.05, 4.69) is 54.0 Å². The van der Waals surface area contributed by atoms with E-state index in [4.69, 9.17) is 4.74 Å². The van der Waals surface area contributed by atoms with Crippen LogP contribution in [-0.2, 0) is 4.79 Å². The van der Waals surface area contributed by atoms with Gasteiger partial charge in [-0.05, 0) is 48.6 Å². The van der Waals surface area contributed by atoms with Gasteiger partial charge in [-0.2, -0.15) is 5.10 Å². The Morgan fingerprint density at radius 2 is 1.75 bits per heavy atom. The zero-order chi connectivity index (χ0) is 20.5. The minimum atomic E-state index is -0.457. The van der Waals surface area contributed by atoms with Crippen molar-refractivity contribution in [2.45, 2.75) is 39.7 Å². The lowest BCUT2D eigenvalue weighted by atomic mass is 10.0. The Hall–Kier alpha value is -3.08. The molecule has 148 valence electrons. The number of hydrogen-bond acceptors (Lipinski definition) is 4. The molecular formula is C23H29N3O2. The Bertz CT molecular complexity index is 839. The first kappa shape index (κ1) is 21.2. The SMILES string of the molecule is COc1ccccc1NC(C)C(=O)NN=C/C(C)=C\c1ccc(C(C)C)cc1. The van der Waals surface area contributed by atoms with Crippen LogP contribution in [0.1, 0.15) is 44.7 Å². The van der Waals surface area contributed by atoms with Crippen LogP contribution in [0.2, 0.25) is 0 Å². The normalized spacial score (nSPS) is 12.9. The van der Waals surface area contributed by atoms with Gasteiger partial charge in [-0.15, -0.1) is 0 Å². The van der Waals surface area contributed by atoms with Crippen LogP contribution in [0.25, 0.3) is 6.08 Å². The molecule has 28 heavy (non-hydrogen) atoms. The average molecular weight is 380 g/mol. The van der Waals surface area contributed by atoms with E-state index in [0.29, 0.717) is 11.7 Å². The molecule has 1 unspecified atom stereocenters. The maximum absolute atomic E-state index is 12.2. The maximum atomic E-state index is 12.2. The number of hydrazone groups is 1. The predicted molar refractivity (Wildman–Crippen MR) is 117 cm³/mol. The number of carbonyl (C=O) groups excluding carboxylic acids is 1. The van der Waals surface area contributed by atoms with Gasteiger partial charge < -0.3 is 10.1 Å². The number of amides is 1. The summed E-state index contributed by atoms with van der Waals surface area (Å²) < 4.78 is 5.28. The number of allylic oxidation sites excluding steroid dienone is 1. The summed E-state index contributed by atoms with van der Waals surface area (Å²) in [6.45, 7) is 8.07. The molecule has 0 aliphatic heterocycles. The summed E-state index contributed by atoms with van der Waals surface area (Å²) >= 11 is 0. The smallest absolute Gasteiger partial charge is 0.262 e. The van der Waals surface area contributed by atoms with E-state index in [1.54, 1.807) is 20.2 Å². The summed E-state index contributed by atoms with van der Waals surface area (Å²) in [5, 5.41) is 7.18. The lowest BCUT2D eigenvalue weighted by Gasteiger charge is -2.15. The fourth-order valence-corrected chi connectivity index (χ4v) is 2.63. The van der Waals surface area contributed by atoms with Crippen molar-refractivity contribution in [2.24, 2.45) is 5.10 Å². The molecule has 1 atom stereocenters. The zero-order valence-corrected chi connectivity index (χ0v) is 17.2. The molecule has 0 spiro atoms. The van der Waals surface area contributed by atoms with Crippen molar-refractivity contribution >= 4 is 23.9 Å². The van der Waals surface area contributed by atoms with Crippen LogP contribution < -0.4 is 15.5 Å². The highest BCUT2D eigenvalue weighted by atomic mass is 16.5. The molecule has 0 fully saturated rings. The van der Waals surface area contributed by atoms with E-state index in [1.807, 2.05) is 37.3 Å². The van der Waals surface area contributed by atoms with Crippen LogP contribution in [0, 0.1) is 0 Å². The van der Waals surface area contributed by atoms with Gasteiger partial charge in [-0.25, -0.2) is 5.43 Å². The number of para-hydroxylation sites is 2. The minimum absolute atomic E-state index is 0.226. The number of nitrogens with one attached hydrogen (secondary N) is 2. The number of methoxy groups -OCH3 is 1. The van der Waals surface area contributed by atoms with Crippen molar-refractivity contribution in [3.63, 3.8) is 0 Å². The molecule has 0 aliphatic carbocycles. The lowest BCUT2D eigenvalue weighted by molar-refractivity contribution is -0.121. The third kappa shape index (κ3) is 6.27. The van der Waals surface area contributed by atoms with Gasteiger partial charge in [0.1, 0.15) is 11.8 Å². The Balaban J connectivity index is 1.90. The van der Waals surface area contributed by atoms with Crippen molar-refractivity contribution in [3.05, 3.63) is 65.2 Å². The second kappa shape index (κ2) is 10.3. The van der Waals surface area contributed by atoms with Crippen molar-refractivity contribution in [2.75, 3.05) is 12.4 Å². The summed E-state index contributed by atoms with van der Waals surface area (Å²) in [6.07, 6.45) is 3.67. The highest BCUT2D eigenvalue weighted by Gasteiger charge is 2.13. The molecule has 5 heteroatoms. The maximum Gasteiger partial charge on any atom is 0.262 e. The van der Waals surface area contributed by atoms with Crippen LogP contribution in [-0.4, -0.2) is 25.3 Å². The lowest BCUT2D eigenvalue weighted by Crippen LogP contribution is -2.35. The van der Waals surface area contributed by atoms with Crippen molar-refractivity contribution < 1.29 is 9.53 Å². The molecule has 2 rings (SSSR count). The van der Waals surface area contributed by atoms with Gasteiger partial charge in [0.25, 0.3) is 5.91 Å². The van der Waals surface area contributed by atoms with Gasteiger partial charge in [-0.3, -0.25) is 4.79 Å². The zero-order valence-electron chi connectivity index (χ0n) is 17.2. The largest absolute Gasteiger partial charge is 0.495 e. The minimum Gasteiger partial charge on any atom is -0.495 e. The summed E-state index contributed by atoms with van der Waals surface area (Å²) in [5.74, 6) is 0.978. The molecule has 2 N–H and O–H groups in total. The fraction of sp³-hybridized carbons (Fsp3) is 0.304. The van der Waals surface area contributed by atoms with Gasteiger partial charge in [0.15, 0.2) is 0 Å². The first-order valence-electron chi connectivity index (χ1n) is 9.41. The molecule has 0 saturated heterocycles. The fourth-order valence-electron chi connectivity index (χ4n) is 2.63. The second-order valence-corrected chi connectivity index (χ2v) is 7.01. The average Bonchev–Trinajstić information content (AvgIpc) is 2.68. The second-order valence-electron chi connectivity index (χ2n) is 7.01. The molecule has 1 amide bonds. The van der Waals surface area contributed by atoms with E-state index in [9.17, 15) is 4.79 Å². The van der Waals surface area contributed by atoms with Gasteiger partial charge in [0, 0.05) is 0 Å². The third-order valence-corrected chi connectivity index (χ3v) is 4.31. The third-order valence-electron chi connectivity index (χ3n) is 4.31. The molecule has 0 radical (unpaired) electrons. The first-order chi connectivity index (χ1) is 13.4. The van der Waals surface area contributed by atoms with Crippen LogP contribution in [0.4, 0.5) is 5.69 Å². The van der Waals surface area contributed by atoms with E-state index in [1.165, 1.54) is 5.56 Å². The molecule has 5 nitrogen and oxygen atoms in total. The molecule has 0 aliphatic rings. The van der Waals surface area contributed by atoms with Crippen LogP contribution in [0.15, 0.2) is 59.2 Å². The standard InChI is InChI=1S/C23H29N3O2/c1-16(2)20-12-10-19(11-13-20)14-17(3)15-24-26-23(27)18(4)25-21-8-6-7-9-22(21)28-5/h6-16,18,25H,1-5H3,(H,26,27)/b17-14-,24-15?. The predicted octanol–water partition coefficient (Wildman–Crippen LogP) is 4.82. The van der Waals surface area contributed by atoms with Crippen molar-refractivity contribution in [1.82, 2.24) is 5.43 Å². The van der Waals surface area contributed by atoms with Crippen LogP contribution in [0.5, 0.6) is 5.75 Å². The molecule has 2 aromatic rings. The summed E-state index contributed by atoms with van der Waals surface area (Å²) in [4.78, 5) is 12.2. The Labute approximate surface area is 167 Å². The number of carbonyl (C=O) groups is 1. The van der Waals surface area contributed by atoms with Crippen LogP contribution >= 0.6 is 0 Å². The number of rotatable bonds is 8. The van der Waals surface area contributed by atoms with E-state index in [-0.39, 0.29) is 5.91 Å². The van der Waals surface area contributed by atoms with E-state index >= 15 is 0 Å². The Kier molecular flexibility index (Phi) is 7.81. The first-order valence-corrected chi connectivity index (χ1v) is 9.41. The summed E-state index contributed by atoms with van der Waals surface area (Å²) in [6, 6.07) is 15.5. The quantitative estimate of drug-likeness (QED) is 0.510. The summed E-state index contributed by atoms with van der Waals surface area (Å²) in [5.41, 5.74) is 6.69. The van der Waals surface area contributed by atoms with E-state index in [0.717, 1.165) is 16.8 Å². The number of anilines is 1. The highest BCUT2D eigenvalue weighted by Crippen LogP contribution is 2.23. The van der Waals surface area contributed by atoms with Gasteiger partial charge >= 0.3 is 0 Å². The van der Waals surface area contributed by atoms with Crippen molar-refractivity contribution in [1.29, 1.82) is 0 Å². The molecule has 0 saturated carbocycles. The molecule has 0 bridgehead atoms. The number of benzene rings is 2. The highest BCUT2D eigenvalue weighted by molar-refractivity contribution is 5.88. The molecule has 0 heterocycles. The number of nitrogens with zero attached hydrogens (tertiary/aromatic N) is 1.